The van der Waals surface area contributed by atoms with Gasteiger partial charge in [0, 0.05) is 31.4 Å². The van der Waals surface area contributed by atoms with Crippen molar-refractivity contribution >= 4 is 16.5 Å². The molecule has 1 fully saturated rings. The highest BCUT2D eigenvalue weighted by Gasteiger charge is 2.19. The summed E-state index contributed by atoms with van der Waals surface area (Å²) >= 11 is 1.81. The fourth-order valence-corrected chi connectivity index (χ4v) is 3.40. The van der Waals surface area contributed by atoms with Crippen LogP contribution < -0.4 is 10.2 Å². The van der Waals surface area contributed by atoms with Gasteiger partial charge in [-0.15, -0.1) is 11.3 Å². The number of aromatic nitrogens is 1. The summed E-state index contributed by atoms with van der Waals surface area (Å²) in [6.45, 7) is 8.92. The first-order valence-corrected chi connectivity index (χ1v) is 8.11. The Bertz CT molecular complexity index is 343. The smallest absolute Gasteiger partial charge is 0.185 e. The number of rotatable bonds is 6. The summed E-state index contributed by atoms with van der Waals surface area (Å²) in [5.74, 6) is 0.939. The Hall–Kier alpha value is -0.610. The van der Waals surface area contributed by atoms with Crippen molar-refractivity contribution in [1.29, 1.82) is 0 Å². The van der Waals surface area contributed by atoms with Gasteiger partial charge in [0.25, 0.3) is 0 Å². The van der Waals surface area contributed by atoms with Gasteiger partial charge in [-0.2, -0.15) is 0 Å². The third-order valence-electron chi connectivity index (χ3n) is 3.81. The van der Waals surface area contributed by atoms with Gasteiger partial charge in [-0.25, -0.2) is 4.98 Å². The van der Waals surface area contributed by atoms with Crippen LogP contribution in [0.3, 0.4) is 0 Å². The molecule has 18 heavy (non-hydrogen) atoms. The standard InChI is InChI=1S/C14H25N3S/c1-3-12-6-9-17(10-7-12)14-16-13(11-18-14)5-8-15-4-2/h11-12,15H,3-10H2,1-2H3. The predicted octanol–water partition coefficient (Wildman–Crippen LogP) is 2.92. The molecule has 0 saturated carbocycles. The summed E-state index contributed by atoms with van der Waals surface area (Å²) in [6.07, 6.45) is 5.06. The highest BCUT2D eigenvalue weighted by Crippen LogP contribution is 2.27. The molecular weight excluding hydrogens is 242 g/mol. The fourth-order valence-electron chi connectivity index (χ4n) is 2.48. The number of likely N-dealkylation sites (N-methyl/N-ethyl adjacent to an activating group) is 1. The molecule has 102 valence electrons. The minimum absolute atomic E-state index is 0.939. The van der Waals surface area contributed by atoms with E-state index >= 15 is 0 Å². The van der Waals surface area contributed by atoms with Crippen LogP contribution in [0, 0.1) is 5.92 Å². The van der Waals surface area contributed by atoms with Gasteiger partial charge in [-0.1, -0.05) is 20.3 Å². The molecule has 4 heteroatoms. The zero-order valence-electron chi connectivity index (χ0n) is 11.6. The van der Waals surface area contributed by atoms with Crippen LogP contribution in [0.1, 0.15) is 38.8 Å². The lowest BCUT2D eigenvalue weighted by atomic mass is 9.95. The van der Waals surface area contributed by atoms with Gasteiger partial charge in [-0.05, 0) is 25.3 Å². The minimum Gasteiger partial charge on any atom is -0.348 e. The van der Waals surface area contributed by atoms with Crippen LogP contribution in [0.5, 0.6) is 0 Å². The van der Waals surface area contributed by atoms with Crippen LogP contribution in [0.25, 0.3) is 0 Å². The number of thiazole rings is 1. The fraction of sp³-hybridized carbons (Fsp3) is 0.786. The third-order valence-corrected chi connectivity index (χ3v) is 4.76. The molecule has 1 aromatic rings. The van der Waals surface area contributed by atoms with E-state index < -0.39 is 0 Å². The summed E-state index contributed by atoms with van der Waals surface area (Å²) in [5.41, 5.74) is 1.24. The summed E-state index contributed by atoms with van der Waals surface area (Å²) in [4.78, 5) is 7.23. The van der Waals surface area contributed by atoms with E-state index in [1.165, 1.54) is 43.2 Å². The van der Waals surface area contributed by atoms with Crippen molar-refractivity contribution in [2.45, 2.75) is 39.5 Å². The molecule has 1 N–H and O–H groups in total. The minimum atomic E-state index is 0.939. The van der Waals surface area contributed by atoms with Crippen molar-refractivity contribution in [2.75, 3.05) is 31.1 Å². The zero-order valence-corrected chi connectivity index (χ0v) is 12.4. The number of nitrogens with zero attached hydrogens (tertiary/aromatic N) is 2. The van der Waals surface area contributed by atoms with Crippen LogP contribution >= 0.6 is 11.3 Å². The monoisotopic (exact) mass is 267 g/mol. The van der Waals surface area contributed by atoms with Gasteiger partial charge in [0.05, 0.1) is 5.69 Å². The van der Waals surface area contributed by atoms with E-state index in [1.807, 2.05) is 11.3 Å². The molecule has 0 amide bonds. The normalized spacial score (nSPS) is 17.3. The molecule has 2 heterocycles. The van der Waals surface area contributed by atoms with Crippen LogP contribution in [-0.4, -0.2) is 31.2 Å². The molecule has 0 spiro atoms. The molecule has 2 rings (SSSR count). The number of nitrogens with one attached hydrogen (secondary N) is 1. The van der Waals surface area contributed by atoms with Crippen molar-refractivity contribution < 1.29 is 0 Å². The van der Waals surface area contributed by atoms with Crippen LogP contribution in [0.15, 0.2) is 5.38 Å². The molecular formula is C14H25N3S. The number of anilines is 1. The van der Waals surface area contributed by atoms with Crippen LogP contribution in [0.2, 0.25) is 0 Å². The van der Waals surface area contributed by atoms with Gasteiger partial charge in [0.15, 0.2) is 5.13 Å². The summed E-state index contributed by atoms with van der Waals surface area (Å²) in [5, 5.41) is 6.80. The average Bonchev–Trinajstić information content (AvgIpc) is 2.88. The Kier molecular flexibility index (Phi) is 5.45. The van der Waals surface area contributed by atoms with Crippen LogP contribution in [-0.2, 0) is 6.42 Å². The third kappa shape index (κ3) is 3.69. The molecule has 1 aromatic heterocycles. The highest BCUT2D eigenvalue weighted by atomic mass is 32.1. The number of piperidine rings is 1. The lowest BCUT2D eigenvalue weighted by Gasteiger charge is -2.31. The molecule has 3 nitrogen and oxygen atoms in total. The van der Waals surface area contributed by atoms with Crippen molar-refractivity contribution in [3.8, 4) is 0 Å². The Morgan fingerprint density at radius 3 is 2.83 bits per heavy atom. The Morgan fingerprint density at radius 2 is 2.17 bits per heavy atom. The largest absolute Gasteiger partial charge is 0.348 e. The lowest BCUT2D eigenvalue weighted by molar-refractivity contribution is 0.395. The summed E-state index contributed by atoms with van der Waals surface area (Å²) in [7, 11) is 0. The van der Waals surface area contributed by atoms with Gasteiger partial charge in [0.2, 0.25) is 0 Å². The average molecular weight is 267 g/mol. The van der Waals surface area contributed by atoms with E-state index in [9.17, 15) is 0 Å². The van der Waals surface area contributed by atoms with Crippen molar-refractivity contribution in [3.05, 3.63) is 11.1 Å². The first-order chi connectivity index (χ1) is 8.83. The van der Waals surface area contributed by atoms with E-state index in [4.69, 9.17) is 4.98 Å². The number of hydrogen-bond acceptors (Lipinski definition) is 4. The first-order valence-electron chi connectivity index (χ1n) is 7.23. The molecule has 0 unspecified atom stereocenters. The molecule has 1 saturated heterocycles. The van der Waals surface area contributed by atoms with Gasteiger partial charge in [-0.3, -0.25) is 0 Å². The Labute approximate surface area is 115 Å². The highest BCUT2D eigenvalue weighted by molar-refractivity contribution is 7.13. The van der Waals surface area contributed by atoms with Gasteiger partial charge in [0.1, 0.15) is 0 Å². The molecule has 0 aromatic carbocycles. The quantitative estimate of drug-likeness (QED) is 0.803. The summed E-state index contributed by atoms with van der Waals surface area (Å²) in [6, 6.07) is 0. The molecule has 1 aliphatic rings. The second-order valence-corrected chi connectivity index (χ2v) is 5.90. The maximum Gasteiger partial charge on any atom is 0.185 e. The SMILES string of the molecule is CCNCCc1csc(N2CCC(CC)CC2)n1. The first kappa shape index (κ1) is 13.8. The predicted molar refractivity (Wildman–Crippen MR) is 79.6 cm³/mol. The Balaban J connectivity index is 1.82. The zero-order chi connectivity index (χ0) is 12.8. The van der Waals surface area contributed by atoms with E-state index in [0.29, 0.717) is 0 Å². The molecule has 0 radical (unpaired) electrons. The van der Waals surface area contributed by atoms with E-state index in [0.717, 1.165) is 25.4 Å². The maximum atomic E-state index is 4.76. The molecule has 0 bridgehead atoms. The molecule has 0 atom stereocenters. The molecule has 1 aliphatic heterocycles. The van der Waals surface area contributed by atoms with Crippen molar-refractivity contribution in [1.82, 2.24) is 10.3 Å². The molecule has 0 aliphatic carbocycles. The second kappa shape index (κ2) is 7.10. The lowest BCUT2D eigenvalue weighted by Crippen LogP contribution is -2.33. The van der Waals surface area contributed by atoms with E-state index in [1.54, 1.807) is 0 Å². The topological polar surface area (TPSA) is 28.2 Å². The Morgan fingerprint density at radius 1 is 1.39 bits per heavy atom. The maximum absolute atomic E-state index is 4.76. The van der Waals surface area contributed by atoms with E-state index in [-0.39, 0.29) is 0 Å². The van der Waals surface area contributed by atoms with E-state index in [2.05, 4.69) is 29.4 Å². The van der Waals surface area contributed by atoms with Crippen LogP contribution in [0.4, 0.5) is 5.13 Å². The second-order valence-electron chi connectivity index (χ2n) is 5.06. The van der Waals surface area contributed by atoms with Crippen molar-refractivity contribution in [3.63, 3.8) is 0 Å². The van der Waals surface area contributed by atoms with Gasteiger partial charge < -0.3 is 10.2 Å². The van der Waals surface area contributed by atoms with Crippen molar-refractivity contribution in [2.24, 2.45) is 5.92 Å². The number of hydrogen-bond donors (Lipinski definition) is 1. The van der Waals surface area contributed by atoms with Gasteiger partial charge >= 0.3 is 0 Å². The summed E-state index contributed by atoms with van der Waals surface area (Å²) < 4.78 is 0.